The molecule has 3 N–H and O–H groups in total. The highest BCUT2D eigenvalue weighted by Crippen LogP contribution is 2.19. The van der Waals surface area contributed by atoms with Crippen LogP contribution in [0.3, 0.4) is 0 Å². The molecule has 0 aliphatic heterocycles. The summed E-state index contributed by atoms with van der Waals surface area (Å²) in [5.41, 5.74) is 2.13. The van der Waals surface area contributed by atoms with Gasteiger partial charge in [0.2, 0.25) is 0 Å². The number of carbonyl (C=O) groups excluding carboxylic acids is 3. The number of benzene rings is 4. The molecule has 0 saturated heterocycles. The monoisotopic (exact) mass is 652 g/mol. The molecule has 4 rings (SSSR count). The zero-order chi connectivity index (χ0) is 34.3. The first kappa shape index (κ1) is 35.2. The Morgan fingerprint density at radius 1 is 0.667 bits per heavy atom. The average Bonchev–Trinajstić information content (AvgIpc) is 3.10. The van der Waals surface area contributed by atoms with Gasteiger partial charge in [-0.2, -0.15) is 0 Å². The second-order valence-electron chi connectivity index (χ2n) is 11.1. The van der Waals surface area contributed by atoms with Gasteiger partial charge in [-0.15, -0.1) is 0 Å². The number of hydrogen-bond donors (Lipinski definition) is 3. The number of aliphatic carboxylic acids is 1. The largest absolute Gasteiger partial charge is 0.497 e. The number of unbranched alkanes of at least 4 members (excludes halogenated alkanes) is 4. The smallest absolute Gasteiger partial charge is 0.343 e. The number of nitrogens with one attached hydrogen (secondary N) is 2. The maximum absolute atomic E-state index is 12.9. The predicted molar refractivity (Wildman–Crippen MR) is 182 cm³/mol. The third-order valence-corrected chi connectivity index (χ3v) is 7.54. The molecule has 250 valence electrons. The molecule has 0 aliphatic carbocycles. The number of hydrogen-bond acceptors (Lipinski definition) is 7. The van der Waals surface area contributed by atoms with E-state index in [0.717, 1.165) is 12.8 Å². The number of carboxylic acids is 1. The average molecular weight is 653 g/mol. The summed E-state index contributed by atoms with van der Waals surface area (Å²) in [5, 5.41) is 15.1. The molecule has 0 spiro atoms. The van der Waals surface area contributed by atoms with Gasteiger partial charge in [0.25, 0.3) is 11.8 Å². The zero-order valence-corrected chi connectivity index (χ0v) is 27.1. The molecule has 0 aliphatic rings. The first-order valence-electron chi connectivity index (χ1n) is 15.9. The highest BCUT2D eigenvalue weighted by Gasteiger charge is 2.21. The van der Waals surface area contributed by atoms with Gasteiger partial charge in [-0.25, -0.2) is 9.59 Å². The fraction of sp³-hybridized carbons (Fsp3) is 0.263. The van der Waals surface area contributed by atoms with Gasteiger partial charge in [0.05, 0.1) is 19.3 Å². The second kappa shape index (κ2) is 17.9. The Morgan fingerprint density at radius 2 is 1.23 bits per heavy atom. The maximum Gasteiger partial charge on any atom is 0.343 e. The van der Waals surface area contributed by atoms with Crippen molar-refractivity contribution in [3.63, 3.8) is 0 Å². The van der Waals surface area contributed by atoms with Crippen LogP contribution in [0.15, 0.2) is 97.1 Å². The van der Waals surface area contributed by atoms with E-state index in [4.69, 9.17) is 14.2 Å². The number of rotatable bonds is 17. The molecule has 4 aromatic rings. The minimum Gasteiger partial charge on any atom is -0.497 e. The molecular weight excluding hydrogens is 612 g/mol. The third kappa shape index (κ3) is 10.7. The van der Waals surface area contributed by atoms with E-state index in [1.807, 2.05) is 0 Å². The molecule has 0 saturated carbocycles. The van der Waals surface area contributed by atoms with Gasteiger partial charge in [0, 0.05) is 23.2 Å². The van der Waals surface area contributed by atoms with Crippen molar-refractivity contribution in [1.29, 1.82) is 0 Å². The summed E-state index contributed by atoms with van der Waals surface area (Å²) >= 11 is 0. The molecule has 1 atom stereocenters. The molecule has 0 heterocycles. The fourth-order valence-corrected chi connectivity index (χ4v) is 4.77. The van der Waals surface area contributed by atoms with Crippen molar-refractivity contribution in [3.05, 3.63) is 119 Å². The van der Waals surface area contributed by atoms with Crippen molar-refractivity contribution in [1.82, 2.24) is 5.32 Å². The van der Waals surface area contributed by atoms with Gasteiger partial charge in [0.15, 0.2) is 0 Å². The van der Waals surface area contributed by atoms with Crippen molar-refractivity contribution in [3.8, 4) is 17.2 Å². The lowest BCUT2D eigenvalue weighted by Crippen LogP contribution is -2.42. The maximum atomic E-state index is 12.9. The molecule has 2 amide bonds. The number of methoxy groups -OCH3 is 1. The molecule has 48 heavy (non-hydrogen) atoms. The van der Waals surface area contributed by atoms with E-state index in [9.17, 15) is 24.3 Å². The van der Waals surface area contributed by atoms with E-state index in [0.29, 0.717) is 46.2 Å². The van der Waals surface area contributed by atoms with Gasteiger partial charge in [-0.05, 0) is 96.9 Å². The van der Waals surface area contributed by atoms with Crippen LogP contribution in [0.1, 0.15) is 75.7 Å². The Labute approximate surface area is 280 Å². The lowest BCUT2D eigenvalue weighted by atomic mass is 10.0. The topological polar surface area (TPSA) is 140 Å². The number of ether oxygens (including phenoxy) is 3. The molecule has 0 unspecified atom stereocenters. The summed E-state index contributed by atoms with van der Waals surface area (Å²) in [7, 11) is 1.54. The minimum absolute atomic E-state index is 0.00533. The Hall–Kier alpha value is -5.64. The summed E-state index contributed by atoms with van der Waals surface area (Å²) in [5.74, 6) is -1.02. The van der Waals surface area contributed by atoms with E-state index < -0.39 is 23.9 Å². The van der Waals surface area contributed by atoms with Gasteiger partial charge in [-0.1, -0.05) is 44.7 Å². The van der Waals surface area contributed by atoms with Crippen LogP contribution in [0.25, 0.3) is 0 Å². The Bertz CT molecular complexity index is 1650. The van der Waals surface area contributed by atoms with E-state index in [2.05, 4.69) is 17.6 Å². The number of carboxylic acid groups (broad SMARTS) is 1. The second-order valence-corrected chi connectivity index (χ2v) is 11.1. The van der Waals surface area contributed by atoms with Crippen LogP contribution in [0.2, 0.25) is 0 Å². The van der Waals surface area contributed by atoms with Crippen LogP contribution >= 0.6 is 0 Å². The lowest BCUT2D eigenvalue weighted by Gasteiger charge is -2.15. The zero-order valence-electron chi connectivity index (χ0n) is 27.1. The van der Waals surface area contributed by atoms with Crippen LogP contribution in [0.4, 0.5) is 5.69 Å². The van der Waals surface area contributed by atoms with E-state index in [-0.39, 0.29) is 17.9 Å². The Kier molecular flexibility index (Phi) is 13.1. The lowest BCUT2D eigenvalue weighted by molar-refractivity contribution is -0.139. The summed E-state index contributed by atoms with van der Waals surface area (Å²) in [6, 6.07) is 24.7. The fourth-order valence-electron chi connectivity index (χ4n) is 4.77. The SMILES string of the molecule is CCCCCCCOc1ccc(C(=O)Oc2ccc(C[C@H](NC(=O)c3ccc(NC(=O)c4ccc(OC)cc4)cc3)C(=O)O)cc2)cc1. The molecular formula is C38H40N2O8. The third-order valence-electron chi connectivity index (χ3n) is 7.54. The van der Waals surface area contributed by atoms with Crippen molar-refractivity contribution >= 4 is 29.4 Å². The quantitative estimate of drug-likeness (QED) is 0.0633. The van der Waals surface area contributed by atoms with E-state index in [1.54, 1.807) is 84.9 Å². The normalized spacial score (nSPS) is 11.2. The number of esters is 1. The molecule has 0 radical (unpaired) electrons. The summed E-state index contributed by atoms with van der Waals surface area (Å²) in [6.07, 6.45) is 5.76. The molecule has 0 bridgehead atoms. The van der Waals surface area contributed by atoms with Crippen LogP contribution in [-0.4, -0.2) is 48.6 Å². The van der Waals surface area contributed by atoms with Crippen LogP contribution in [0.5, 0.6) is 17.2 Å². The number of carbonyl (C=O) groups is 4. The summed E-state index contributed by atoms with van der Waals surface area (Å²) in [4.78, 5) is 50.0. The highest BCUT2D eigenvalue weighted by molar-refractivity contribution is 6.04. The molecule has 0 fully saturated rings. The van der Waals surface area contributed by atoms with Crippen LogP contribution in [-0.2, 0) is 11.2 Å². The first-order valence-corrected chi connectivity index (χ1v) is 15.9. The van der Waals surface area contributed by atoms with Gasteiger partial charge in [0.1, 0.15) is 23.3 Å². The number of amides is 2. The molecule has 4 aromatic carbocycles. The van der Waals surface area contributed by atoms with Gasteiger partial charge < -0.3 is 30.0 Å². The van der Waals surface area contributed by atoms with Gasteiger partial charge in [-0.3, -0.25) is 9.59 Å². The Morgan fingerprint density at radius 3 is 1.85 bits per heavy atom. The molecule has 10 heteroatoms. The highest BCUT2D eigenvalue weighted by atomic mass is 16.5. The van der Waals surface area contributed by atoms with Crippen LogP contribution in [0, 0.1) is 0 Å². The summed E-state index contributed by atoms with van der Waals surface area (Å²) in [6.45, 7) is 2.81. The van der Waals surface area contributed by atoms with Crippen molar-refractivity contribution < 1.29 is 38.5 Å². The van der Waals surface area contributed by atoms with Crippen LogP contribution < -0.4 is 24.8 Å². The number of anilines is 1. The standard InChI is InChI=1S/C38H40N2O8/c1-3-4-5-6-7-24-47-32-22-14-29(15-23-32)38(45)48-33-18-8-26(9-19-33)25-34(37(43)44)40-36(42)27-10-16-30(17-11-27)39-35(41)28-12-20-31(46-2)21-13-28/h8-23,34H,3-7,24-25H2,1-2H3,(H,39,41)(H,40,42)(H,43,44)/t34-/m0/s1. The first-order chi connectivity index (χ1) is 23.2. The minimum atomic E-state index is -1.21. The van der Waals surface area contributed by atoms with Gasteiger partial charge >= 0.3 is 11.9 Å². The predicted octanol–water partition coefficient (Wildman–Crippen LogP) is 6.94. The molecule has 0 aromatic heterocycles. The van der Waals surface area contributed by atoms with E-state index >= 15 is 0 Å². The Balaban J connectivity index is 1.25. The molecule has 10 nitrogen and oxygen atoms in total. The van der Waals surface area contributed by atoms with Crippen molar-refractivity contribution in [2.45, 2.75) is 51.5 Å². The van der Waals surface area contributed by atoms with Crippen molar-refractivity contribution in [2.75, 3.05) is 19.0 Å². The van der Waals surface area contributed by atoms with Crippen molar-refractivity contribution in [2.24, 2.45) is 0 Å². The van der Waals surface area contributed by atoms with E-state index in [1.165, 1.54) is 38.5 Å². The summed E-state index contributed by atoms with van der Waals surface area (Å²) < 4.78 is 16.3.